The van der Waals surface area contributed by atoms with Crippen molar-refractivity contribution < 1.29 is 9.84 Å². The van der Waals surface area contributed by atoms with Crippen LogP contribution in [0.3, 0.4) is 0 Å². The van der Waals surface area contributed by atoms with Gasteiger partial charge in [-0.25, -0.2) is 0 Å². The zero-order valence-corrected chi connectivity index (χ0v) is 9.73. The fourth-order valence-electron chi connectivity index (χ4n) is 1.26. The van der Waals surface area contributed by atoms with Crippen LogP contribution in [-0.4, -0.2) is 27.1 Å². The van der Waals surface area contributed by atoms with Crippen LogP contribution in [-0.2, 0) is 6.54 Å². The number of aryl methyl sites for hydroxylation is 1. The molecule has 1 heterocycles. The lowest BCUT2D eigenvalue weighted by Crippen LogP contribution is -2.34. The zero-order valence-electron chi connectivity index (χ0n) is 9.73. The Morgan fingerprint density at radius 3 is 2.53 bits per heavy atom. The molecule has 0 fully saturated rings. The average molecular weight is 212 g/mol. The molecule has 4 heteroatoms. The second-order valence-corrected chi connectivity index (χ2v) is 3.75. The molecule has 0 atom stereocenters. The molecule has 0 aliphatic carbocycles. The van der Waals surface area contributed by atoms with Crippen LogP contribution in [0, 0.1) is 0 Å². The molecular formula is C11H20N2O2. The molecule has 1 aromatic heterocycles. The molecular weight excluding hydrogens is 192 g/mol. The topological polar surface area (TPSA) is 47.3 Å². The SMILES string of the molecule is CCn1cc(OCC(O)(CC)CC)cn1. The molecule has 0 saturated heterocycles. The quantitative estimate of drug-likeness (QED) is 0.782. The van der Waals surface area contributed by atoms with Gasteiger partial charge in [-0.1, -0.05) is 13.8 Å². The van der Waals surface area contributed by atoms with Crippen molar-refractivity contribution in [2.75, 3.05) is 6.61 Å². The largest absolute Gasteiger partial charge is 0.487 e. The van der Waals surface area contributed by atoms with E-state index in [2.05, 4.69) is 5.10 Å². The highest BCUT2D eigenvalue weighted by Gasteiger charge is 2.23. The molecule has 0 spiro atoms. The Labute approximate surface area is 90.9 Å². The van der Waals surface area contributed by atoms with Gasteiger partial charge in [0.2, 0.25) is 0 Å². The normalized spacial score (nSPS) is 11.7. The first-order chi connectivity index (χ1) is 7.13. The Balaban J connectivity index is 2.49. The first kappa shape index (κ1) is 12.0. The van der Waals surface area contributed by atoms with E-state index in [9.17, 15) is 5.11 Å². The van der Waals surface area contributed by atoms with Crippen molar-refractivity contribution in [3.05, 3.63) is 12.4 Å². The highest BCUT2D eigenvalue weighted by Crippen LogP contribution is 2.17. The third kappa shape index (κ3) is 3.23. The Morgan fingerprint density at radius 1 is 1.40 bits per heavy atom. The lowest BCUT2D eigenvalue weighted by atomic mass is 9.99. The summed E-state index contributed by atoms with van der Waals surface area (Å²) in [6, 6.07) is 0. The molecule has 1 N–H and O–H groups in total. The van der Waals surface area contributed by atoms with Crippen molar-refractivity contribution in [3.8, 4) is 5.75 Å². The van der Waals surface area contributed by atoms with E-state index >= 15 is 0 Å². The van der Waals surface area contributed by atoms with Crippen molar-refractivity contribution >= 4 is 0 Å². The predicted molar refractivity (Wildman–Crippen MR) is 58.9 cm³/mol. The molecule has 0 aromatic carbocycles. The summed E-state index contributed by atoms with van der Waals surface area (Å²) in [5.41, 5.74) is -0.714. The number of nitrogens with zero attached hydrogens (tertiary/aromatic N) is 2. The van der Waals surface area contributed by atoms with Crippen LogP contribution in [0.1, 0.15) is 33.6 Å². The summed E-state index contributed by atoms with van der Waals surface area (Å²) in [5.74, 6) is 0.720. The minimum Gasteiger partial charge on any atom is -0.487 e. The van der Waals surface area contributed by atoms with Crippen LogP contribution >= 0.6 is 0 Å². The number of ether oxygens (including phenoxy) is 1. The van der Waals surface area contributed by atoms with Crippen molar-refractivity contribution in [1.29, 1.82) is 0 Å². The van der Waals surface area contributed by atoms with Crippen molar-refractivity contribution in [2.24, 2.45) is 0 Å². The minimum atomic E-state index is -0.714. The summed E-state index contributed by atoms with van der Waals surface area (Å²) in [6.45, 7) is 7.10. The standard InChI is InChI=1S/C11H20N2O2/c1-4-11(14,5-2)9-15-10-7-12-13(6-3)8-10/h7-8,14H,4-6,9H2,1-3H3. The number of aliphatic hydroxyl groups is 1. The van der Waals surface area contributed by atoms with E-state index in [0.717, 1.165) is 12.3 Å². The molecule has 86 valence electrons. The van der Waals surface area contributed by atoms with E-state index in [1.807, 2.05) is 27.0 Å². The molecule has 4 nitrogen and oxygen atoms in total. The molecule has 1 rings (SSSR count). The van der Waals surface area contributed by atoms with Gasteiger partial charge in [-0.2, -0.15) is 5.10 Å². The highest BCUT2D eigenvalue weighted by atomic mass is 16.5. The van der Waals surface area contributed by atoms with E-state index in [1.54, 1.807) is 10.9 Å². The fourth-order valence-corrected chi connectivity index (χ4v) is 1.26. The summed E-state index contributed by atoms with van der Waals surface area (Å²) in [4.78, 5) is 0. The molecule has 0 aliphatic heterocycles. The molecule has 1 aromatic rings. The van der Waals surface area contributed by atoms with Gasteiger partial charge in [-0.05, 0) is 19.8 Å². The van der Waals surface area contributed by atoms with Crippen LogP contribution in [0.5, 0.6) is 5.75 Å². The number of hydrogen-bond acceptors (Lipinski definition) is 3. The Bertz CT molecular complexity index is 293. The van der Waals surface area contributed by atoms with Gasteiger partial charge < -0.3 is 9.84 Å². The van der Waals surface area contributed by atoms with Gasteiger partial charge >= 0.3 is 0 Å². The molecule has 15 heavy (non-hydrogen) atoms. The van der Waals surface area contributed by atoms with Gasteiger partial charge in [0.25, 0.3) is 0 Å². The number of hydrogen-bond donors (Lipinski definition) is 1. The van der Waals surface area contributed by atoms with Gasteiger partial charge in [-0.3, -0.25) is 4.68 Å². The molecule has 0 unspecified atom stereocenters. The lowest BCUT2D eigenvalue weighted by molar-refractivity contribution is -0.0113. The monoisotopic (exact) mass is 212 g/mol. The predicted octanol–water partition coefficient (Wildman–Crippen LogP) is 1.83. The number of aromatic nitrogens is 2. The molecule has 0 bridgehead atoms. The van der Waals surface area contributed by atoms with Crippen molar-refractivity contribution in [3.63, 3.8) is 0 Å². The maximum Gasteiger partial charge on any atom is 0.157 e. The van der Waals surface area contributed by atoms with Gasteiger partial charge in [0.05, 0.1) is 18.0 Å². The molecule has 0 aliphatic rings. The summed E-state index contributed by atoms with van der Waals surface area (Å²) in [7, 11) is 0. The second kappa shape index (κ2) is 5.16. The van der Waals surface area contributed by atoms with Gasteiger partial charge in [0.1, 0.15) is 6.61 Å². The Hall–Kier alpha value is -1.03. The first-order valence-electron chi connectivity index (χ1n) is 5.51. The molecule has 0 amide bonds. The zero-order chi connectivity index (χ0) is 11.3. The fraction of sp³-hybridized carbons (Fsp3) is 0.727. The van der Waals surface area contributed by atoms with Gasteiger partial charge in [-0.15, -0.1) is 0 Å². The van der Waals surface area contributed by atoms with Crippen LogP contribution in [0.4, 0.5) is 0 Å². The summed E-state index contributed by atoms with van der Waals surface area (Å²) in [6.07, 6.45) is 4.91. The van der Waals surface area contributed by atoms with Crippen molar-refractivity contribution in [2.45, 2.75) is 45.8 Å². The Kier molecular flexibility index (Phi) is 4.15. The van der Waals surface area contributed by atoms with E-state index in [4.69, 9.17) is 4.74 Å². The Morgan fingerprint density at radius 2 is 2.07 bits per heavy atom. The van der Waals surface area contributed by atoms with E-state index in [-0.39, 0.29) is 0 Å². The maximum absolute atomic E-state index is 10.0. The van der Waals surface area contributed by atoms with Crippen LogP contribution < -0.4 is 4.74 Å². The third-order valence-corrected chi connectivity index (χ3v) is 2.76. The molecule has 0 radical (unpaired) electrons. The summed E-state index contributed by atoms with van der Waals surface area (Å²) in [5, 5.41) is 14.1. The minimum absolute atomic E-state index is 0.329. The summed E-state index contributed by atoms with van der Waals surface area (Å²) >= 11 is 0. The van der Waals surface area contributed by atoms with Gasteiger partial charge in [0, 0.05) is 6.54 Å². The second-order valence-electron chi connectivity index (χ2n) is 3.75. The van der Waals surface area contributed by atoms with Crippen LogP contribution in [0.15, 0.2) is 12.4 Å². The smallest absolute Gasteiger partial charge is 0.157 e. The highest BCUT2D eigenvalue weighted by molar-refractivity contribution is 5.11. The van der Waals surface area contributed by atoms with E-state index in [0.29, 0.717) is 19.4 Å². The van der Waals surface area contributed by atoms with E-state index < -0.39 is 5.60 Å². The van der Waals surface area contributed by atoms with Gasteiger partial charge in [0.15, 0.2) is 5.75 Å². The lowest BCUT2D eigenvalue weighted by Gasteiger charge is -2.24. The average Bonchev–Trinajstić information content (AvgIpc) is 2.74. The first-order valence-corrected chi connectivity index (χ1v) is 5.51. The van der Waals surface area contributed by atoms with Crippen LogP contribution in [0.2, 0.25) is 0 Å². The third-order valence-electron chi connectivity index (χ3n) is 2.76. The maximum atomic E-state index is 10.0. The summed E-state index contributed by atoms with van der Waals surface area (Å²) < 4.78 is 7.30. The van der Waals surface area contributed by atoms with E-state index in [1.165, 1.54) is 0 Å². The number of rotatable bonds is 6. The van der Waals surface area contributed by atoms with Crippen LogP contribution in [0.25, 0.3) is 0 Å². The molecule has 0 saturated carbocycles. The van der Waals surface area contributed by atoms with Crippen molar-refractivity contribution in [1.82, 2.24) is 9.78 Å².